The highest BCUT2D eigenvalue weighted by Crippen LogP contribution is 2.38. The van der Waals surface area contributed by atoms with Crippen LogP contribution in [0.2, 0.25) is 0 Å². The Kier molecular flexibility index (Phi) is 5.78. The fourth-order valence-corrected chi connectivity index (χ4v) is 6.42. The molecule has 0 unspecified atom stereocenters. The molecule has 0 N–H and O–H groups in total. The molecular formula is C41H25N3O. The van der Waals surface area contributed by atoms with Crippen LogP contribution in [0.25, 0.3) is 88.8 Å². The van der Waals surface area contributed by atoms with Crippen molar-refractivity contribution in [1.82, 2.24) is 15.0 Å². The first-order valence-corrected chi connectivity index (χ1v) is 15.0. The highest BCUT2D eigenvalue weighted by Gasteiger charge is 2.17. The Morgan fingerprint density at radius 3 is 1.82 bits per heavy atom. The van der Waals surface area contributed by atoms with E-state index in [4.69, 9.17) is 19.4 Å². The van der Waals surface area contributed by atoms with Gasteiger partial charge in [0.05, 0.1) is 0 Å². The molecule has 9 aromatic rings. The van der Waals surface area contributed by atoms with Gasteiger partial charge in [0.25, 0.3) is 0 Å². The summed E-state index contributed by atoms with van der Waals surface area (Å²) in [6.45, 7) is 0. The SMILES string of the molecule is c1ccc(-c2nc(-c3cccc(-c4cccc5oc6ccccc6c45)c3)nc(-c3cc4ccccc4c4ccccc34)n2)cc1. The van der Waals surface area contributed by atoms with Crippen molar-refractivity contribution in [2.45, 2.75) is 0 Å². The summed E-state index contributed by atoms with van der Waals surface area (Å²) in [6.07, 6.45) is 0. The van der Waals surface area contributed by atoms with Gasteiger partial charge in [-0.3, -0.25) is 0 Å². The molecule has 2 aromatic heterocycles. The second kappa shape index (κ2) is 10.2. The van der Waals surface area contributed by atoms with Crippen LogP contribution in [0.4, 0.5) is 0 Å². The van der Waals surface area contributed by atoms with E-state index in [0.29, 0.717) is 17.5 Å². The first-order chi connectivity index (χ1) is 22.3. The predicted octanol–water partition coefficient (Wildman–Crippen LogP) is 10.7. The summed E-state index contributed by atoms with van der Waals surface area (Å²) in [6, 6.07) is 52.2. The minimum atomic E-state index is 0.627. The monoisotopic (exact) mass is 575 g/mol. The van der Waals surface area contributed by atoms with Gasteiger partial charge in [-0.15, -0.1) is 0 Å². The second-order valence-corrected chi connectivity index (χ2v) is 11.2. The third-order valence-electron chi connectivity index (χ3n) is 8.51. The number of hydrogen-bond acceptors (Lipinski definition) is 4. The molecule has 0 saturated heterocycles. The third-order valence-corrected chi connectivity index (χ3v) is 8.51. The van der Waals surface area contributed by atoms with E-state index < -0.39 is 0 Å². The first-order valence-electron chi connectivity index (χ1n) is 15.0. The maximum Gasteiger partial charge on any atom is 0.164 e. The van der Waals surface area contributed by atoms with Crippen molar-refractivity contribution in [1.29, 1.82) is 0 Å². The van der Waals surface area contributed by atoms with Gasteiger partial charge in [-0.2, -0.15) is 0 Å². The number of fused-ring (bicyclic) bond motifs is 6. The maximum atomic E-state index is 6.19. The summed E-state index contributed by atoms with van der Waals surface area (Å²) in [5.74, 6) is 1.91. The molecule has 9 rings (SSSR count). The number of aromatic nitrogens is 3. The van der Waals surface area contributed by atoms with Crippen molar-refractivity contribution in [3.05, 3.63) is 152 Å². The van der Waals surface area contributed by atoms with Crippen LogP contribution in [0.3, 0.4) is 0 Å². The van der Waals surface area contributed by atoms with E-state index >= 15 is 0 Å². The molecule has 0 amide bonds. The van der Waals surface area contributed by atoms with Gasteiger partial charge < -0.3 is 4.42 Å². The molecule has 0 radical (unpaired) electrons. The molecule has 0 fully saturated rings. The largest absolute Gasteiger partial charge is 0.456 e. The quantitative estimate of drug-likeness (QED) is 0.196. The number of furan rings is 1. The Hall–Kier alpha value is -6.13. The molecule has 0 aliphatic carbocycles. The molecule has 0 aliphatic heterocycles. The minimum Gasteiger partial charge on any atom is -0.456 e. The molecule has 2 heterocycles. The Labute approximate surface area is 259 Å². The average molecular weight is 576 g/mol. The molecule has 0 spiro atoms. The normalized spacial score (nSPS) is 11.6. The van der Waals surface area contributed by atoms with Gasteiger partial charge >= 0.3 is 0 Å². The van der Waals surface area contributed by atoms with E-state index in [1.54, 1.807) is 0 Å². The van der Waals surface area contributed by atoms with Crippen molar-refractivity contribution < 1.29 is 4.42 Å². The summed E-state index contributed by atoms with van der Waals surface area (Å²) in [7, 11) is 0. The van der Waals surface area contributed by atoms with Crippen LogP contribution >= 0.6 is 0 Å². The number of rotatable bonds is 4. The summed E-state index contributed by atoms with van der Waals surface area (Å²) < 4.78 is 6.19. The molecule has 4 heteroatoms. The minimum absolute atomic E-state index is 0.627. The predicted molar refractivity (Wildman–Crippen MR) is 184 cm³/mol. The van der Waals surface area contributed by atoms with Gasteiger partial charge in [0.15, 0.2) is 17.5 Å². The van der Waals surface area contributed by atoms with Gasteiger partial charge in [-0.05, 0) is 56.9 Å². The standard InChI is InChI=1S/C41H25N3O/c1-2-12-26(13-3-1)39-42-40(44-41(43-39)35-25-28-14-4-5-17-30(28)32-18-6-7-19-33(32)35)29-16-10-15-27(24-29)31-21-11-23-37-38(31)34-20-8-9-22-36(34)45-37/h1-25H. The van der Waals surface area contributed by atoms with Crippen LogP contribution in [0.1, 0.15) is 0 Å². The Bertz CT molecular complexity index is 2550. The second-order valence-electron chi connectivity index (χ2n) is 11.2. The lowest BCUT2D eigenvalue weighted by Gasteiger charge is -2.13. The summed E-state index contributed by atoms with van der Waals surface area (Å²) in [5.41, 5.74) is 6.78. The topological polar surface area (TPSA) is 51.8 Å². The van der Waals surface area contributed by atoms with Gasteiger partial charge in [0, 0.05) is 27.5 Å². The molecule has 0 aliphatic rings. The number of nitrogens with zero attached hydrogens (tertiary/aromatic N) is 3. The van der Waals surface area contributed by atoms with E-state index in [9.17, 15) is 0 Å². The van der Waals surface area contributed by atoms with Crippen LogP contribution in [0.5, 0.6) is 0 Å². The zero-order valence-electron chi connectivity index (χ0n) is 24.2. The van der Waals surface area contributed by atoms with E-state index in [2.05, 4.69) is 97.1 Å². The van der Waals surface area contributed by atoms with E-state index in [-0.39, 0.29) is 0 Å². The molecule has 4 nitrogen and oxygen atoms in total. The fourth-order valence-electron chi connectivity index (χ4n) is 6.42. The molecule has 45 heavy (non-hydrogen) atoms. The highest BCUT2D eigenvalue weighted by atomic mass is 16.3. The molecule has 0 atom stereocenters. The van der Waals surface area contributed by atoms with Crippen LogP contribution in [-0.2, 0) is 0 Å². The van der Waals surface area contributed by atoms with E-state index in [1.807, 2.05) is 54.6 Å². The maximum absolute atomic E-state index is 6.19. The summed E-state index contributed by atoms with van der Waals surface area (Å²) >= 11 is 0. The number of hydrogen-bond donors (Lipinski definition) is 0. The van der Waals surface area contributed by atoms with Gasteiger partial charge in [-0.25, -0.2) is 15.0 Å². The lowest BCUT2D eigenvalue weighted by molar-refractivity contribution is 0.669. The summed E-state index contributed by atoms with van der Waals surface area (Å²) in [4.78, 5) is 15.3. The van der Waals surface area contributed by atoms with E-state index in [0.717, 1.165) is 60.5 Å². The van der Waals surface area contributed by atoms with Gasteiger partial charge in [0.1, 0.15) is 11.2 Å². The average Bonchev–Trinajstić information content (AvgIpc) is 3.51. The molecule has 210 valence electrons. The smallest absolute Gasteiger partial charge is 0.164 e. The Morgan fingerprint density at radius 2 is 0.956 bits per heavy atom. The molecular weight excluding hydrogens is 550 g/mol. The van der Waals surface area contributed by atoms with Crippen LogP contribution in [0.15, 0.2) is 156 Å². The lowest BCUT2D eigenvalue weighted by atomic mass is 9.96. The number of para-hydroxylation sites is 1. The van der Waals surface area contributed by atoms with Gasteiger partial charge in [-0.1, -0.05) is 127 Å². The fraction of sp³-hybridized carbons (Fsp3) is 0. The third kappa shape index (κ3) is 4.27. The molecule has 0 saturated carbocycles. The zero-order valence-corrected chi connectivity index (χ0v) is 24.2. The van der Waals surface area contributed by atoms with Crippen LogP contribution in [-0.4, -0.2) is 15.0 Å². The molecule has 0 bridgehead atoms. The van der Waals surface area contributed by atoms with Crippen molar-refractivity contribution >= 4 is 43.5 Å². The van der Waals surface area contributed by atoms with Crippen molar-refractivity contribution in [2.75, 3.05) is 0 Å². The molecule has 7 aromatic carbocycles. The van der Waals surface area contributed by atoms with E-state index in [1.165, 1.54) is 10.8 Å². The summed E-state index contributed by atoms with van der Waals surface area (Å²) in [5, 5.41) is 6.86. The van der Waals surface area contributed by atoms with Crippen molar-refractivity contribution in [2.24, 2.45) is 0 Å². The van der Waals surface area contributed by atoms with Crippen LogP contribution in [0, 0.1) is 0 Å². The zero-order chi connectivity index (χ0) is 29.7. The van der Waals surface area contributed by atoms with Crippen molar-refractivity contribution in [3.8, 4) is 45.3 Å². The first kappa shape index (κ1) is 25.4. The lowest BCUT2D eigenvalue weighted by Crippen LogP contribution is -2.01. The number of benzene rings is 7. The Balaban J connectivity index is 1.27. The van der Waals surface area contributed by atoms with Crippen molar-refractivity contribution in [3.63, 3.8) is 0 Å². The highest BCUT2D eigenvalue weighted by molar-refractivity contribution is 6.14. The van der Waals surface area contributed by atoms with Gasteiger partial charge in [0.2, 0.25) is 0 Å². The van der Waals surface area contributed by atoms with Crippen LogP contribution < -0.4 is 0 Å². The Morgan fingerprint density at radius 1 is 0.356 bits per heavy atom.